The maximum absolute atomic E-state index is 13.0. The fraction of sp³-hybridized carbons (Fsp3) is 0.476. The maximum Gasteiger partial charge on any atom is 0.256 e. The van der Waals surface area contributed by atoms with E-state index in [4.69, 9.17) is 0 Å². The van der Waals surface area contributed by atoms with E-state index in [1.807, 2.05) is 30.9 Å². The Morgan fingerprint density at radius 1 is 1.23 bits per heavy atom. The summed E-state index contributed by atoms with van der Waals surface area (Å²) in [5.41, 5.74) is 1.71. The van der Waals surface area contributed by atoms with E-state index in [9.17, 15) is 9.18 Å². The number of carbonyl (C=O) groups is 1. The molecule has 1 aliphatic rings. The summed E-state index contributed by atoms with van der Waals surface area (Å²) in [6.07, 6.45) is 7.37. The van der Waals surface area contributed by atoms with E-state index in [2.05, 4.69) is 9.97 Å². The maximum atomic E-state index is 13.0. The van der Waals surface area contributed by atoms with Crippen LogP contribution in [0.5, 0.6) is 0 Å². The number of halogens is 1. The summed E-state index contributed by atoms with van der Waals surface area (Å²) in [7, 11) is 0. The first-order valence-electron chi connectivity index (χ1n) is 9.38. The predicted octanol–water partition coefficient (Wildman–Crippen LogP) is 4.22. The Kier molecular flexibility index (Phi) is 5.96. The monoisotopic (exact) mass is 355 g/mol. The van der Waals surface area contributed by atoms with Crippen molar-refractivity contribution in [1.29, 1.82) is 0 Å². The van der Waals surface area contributed by atoms with Crippen molar-refractivity contribution in [3.8, 4) is 0 Å². The Balaban J connectivity index is 1.57. The predicted molar refractivity (Wildman–Crippen MR) is 99.5 cm³/mol. The number of amides is 1. The van der Waals surface area contributed by atoms with E-state index in [1.165, 1.54) is 12.1 Å². The van der Waals surface area contributed by atoms with Gasteiger partial charge in [0.25, 0.3) is 5.91 Å². The zero-order chi connectivity index (χ0) is 18.5. The minimum absolute atomic E-state index is 0.0202. The van der Waals surface area contributed by atoms with Crippen molar-refractivity contribution in [3.05, 3.63) is 59.4 Å². The van der Waals surface area contributed by atoms with Gasteiger partial charge < -0.3 is 4.90 Å². The number of rotatable bonds is 5. The summed E-state index contributed by atoms with van der Waals surface area (Å²) < 4.78 is 13.0. The van der Waals surface area contributed by atoms with Crippen molar-refractivity contribution >= 4 is 5.91 Å². The second kappa shape index (κ2) is 8.39. The average molecular weight is 355 g/mol. The lowest BCUT2D eigenvalue weighted by molar-refractivity contribution is 0.0667. The molecule has 2 heterocycles. The number of nitrogens with zero attached hydrogens (tertiary/aromatic N) is 3. The Bertz CT molecular complexity index is 728. The van der Waals surface area contributed by atoms with Crippen LogP contribution in [0.15, 0.2) is 36.7 Å². The molecule has 0 unspecified atom stereocenters. The summed E-state index contributed by atoms with van der Waals surface area (Å²) in [6.45, 7) is 5.63. The number of carbonyl (C=O) groups excluding carboxylic acids is 1. The lowest BCUT2D eigenvalue weighted by atomic mass is 9.91. The Labute approximate surface area is 154 Å². The van der Waals surface area contributed by atoms with Crippen molar-refractivity contribution in [2.24, 2.45) is 5.92 Å². The molecule has 0 bridgehead atoms. The smallest absolute Gasteiger partial charge is 0.256 e. The molecule has 0 spiro atoms. The summed E-state index contributed by atoms with van der Waals surface area (Å²) in [6, 6.07) is 6.70. The largest absolute Gasteiger partial charge is 0.338 e. The molecule has 1 saturated heterocycles. The first-order chi connectivity index (χ1) is 12.5. The van der Waals surface area contributed by atoms with Crippen molar-refractivity contribution in [1.82, 2.24) is 14.9 Å². The molecule has 4 nitrogen and oxygen atoms in total. The number of piperidine rings is 1. The quantitative estimate of drug-likeness (QED) is 0.806. The molecule has 0 aliphatic carbocycles. The van der Waals surface area contributed by atoms with Gasteiger partial charge in [-0.25, -0.2) is 14.4 Å². The van der Waals surface area contributed by atoms with Gasteiger partial charge in [-0.1, -0.05) is 26.0 Å². The zero-order valence-electron chi connectivity index (χ0n) is 15.5. The lowest BCUT2D eigenvalue weighted by Gasteiger charge is -2.33. The molecule has 26 heavy (non-hydrogen) atoms. The number of likely N-dealkylation sites (tertiary alicyclic amines) is 1. The molecule has 1 aromatic carbocycles. The molecule has 0 radical (unpaired) electrons. The normalized spacial score (nSPS) is 17.5. The minimum atomic E-state index is -0.200. The van der Waals surface area contributed by atoms with Gasteiger partial charge >= 0.3 is 0 Å². The van der Waals surface area contributed by atoms with Crippen LogP contribution in [0.3, 0.4) is 0 Å². The van der Waals surface area contributed by atoms with Gasteiger partial charge in [0.15, 0.2) is 0 Å². The van der Waals surface area contributed by atoms with Gasteiger partial charge in [-0.15, -0.1) is 0 Å². The molecule has 1 atom stereocenters. The molecule has 1 fully saturated rings. The third kappa shape index (κ3) is 4.65. The van der Waals surface area contributed by atoms with E-state index in [0.29, 0.717) is 11.5 Å². The van der Waals surface area contributed by atoms with Crippen LogP contribution in [0.25, 0.3) is 0 Å². The van der Waals surface area contributed by atoms with Gasteiger partial charge in [0, 0.05) is 31.4 Å². The van der Waals surface area contributed by atoms with Gasteiger partial charge in [0.1, 0.15) is 11.6 Å². The molecule has 0 saturated carbocycles. The summed E-state index contributed by atoms with van der Waals surface area (Å²) in [4.78, 5) is 23.3. The molecule has 138 valence electrons. The van der Waals surface area contributed by atoms with Gasteiger partial charge in [-0.05, 0) is 49.3 Å². The Morgan fingerprint density at radius 2 is 1.92 bits per heavy atom. The first kappa shape index (κ1) is 18.5. The van der Waals surface area contributed by atoms with E-state index in [-0.39, 0.29) is 17.6 Å². The summed E-state index contributed by atoms with van der Waals surface area (Å²) >= 11 is 0. The van der Waals surface area contributed by atoms with Crippen LogP contribution in [-0.4, -0.2) is 33.9 Å². The SMILES string of the molecule is CC(C)c1ncc(C(=O)N2CCC[C@@H](CCc3ccc(F)cc3)C2)cn1. The second-order valence-corrected chi connectivity index (χ2v) is 7.41. The number of hydrogen-bond acceptors (Lipinski definition) is 3. The fourth-order valence-electron chi connectivity index (χ4n) is 3.44. The van der Waals surface area contributed by atoms with Crippen LogP contribution in [0.1, 0.15) is 60.8 Å². The van der Waals surface area contributed by atoms with Crippen molar-refractivity contribution < 1.29 is 9.18 Å². The van der Waals surface area contributed by atoms with Crippen LogP contribution in [0.2, 0.25) is 0 Å². The summed E-state index contributed by atoms with van der Waals surface area (Å²) in [5.74, 6) is 1.32. The van der Waals surface area contributed by atoms with E-state index < -0.39 is 0 Å². The Hall–Kier alpha value is -2.30. The second-order valence-electron chi connectivity index (χ2n) is 7.41. The molecule has 1 amide bonds. The molecule has 3 rings (SSSR count). The fourth-order valence-corrected chi connectivity index (χ4v) is 3.44. The molecule has 0 N–H and O–H groups in total. The molecule has 1 aromatic heterocycles. The highest BCUT2D eigenvalue weighted by atomic mass is 19.1. The van der Waals surface area contributed by atoms with Crippen LogP contribution < -0.4 is 0 Å². The van der Waals surface area contributed by atoms with Gasteiger partial charge in [0.2, 0.25) is 0 Å². The molecule has 2 aromatic rings. The highest BCUT2D eigenvalue weighted by Crippen LogP contribution is 2.23. The van der Waals surface area contributed by atoms with E-state index in [0.717, 1.165) is 50.2 Å². The van der Waals surface area contributed by atoms with Gasteiger partial charge in [0.05, 0.1) is 5.56 Å². The van der Waals surface area contributed by atoms with Crippen LogP contribution in [-0.2, 0) is 6.42 Å². The van der Waals surface area contributed by atoms with Crippen molar-refractivity contribution in [2.75, 3.05) is 13.1 Å². The lowest BCUT2D eigenvalue weighted by Crippen LogP contribution is -2.40. The third-order valence-corrected chi connectivity index (χ3v) is 5.00. The van der Waals surface area contributed by atoms with Gasteiger partial charge in [-0.2, -0.15) is 0 Å². The topological polar surface area (TPSA) is 46.1 Å². The minimum Gasteiger partial charge on any atom is -0.338 e. The molecule has 1 aliphatic heterocycles. The number of aromatic nitrogens is 2. The van der Waals surface area contributed by atoms with Gasteiger partial charge in [-0.3, -0.25) is 4.79 Å². The number of benzene rings is 1. The van der Waals surface area contributed by atoms with Crippen LogP contribution in [0, 0.1) is 11.7 Å². The standard InChI is InChI=1S/C21H26FN3O/c1-15(2)20-23-12-18(13-24-20)21(26)25-11-3-4-17(14-25)6-5-16-7-9-19(22)10-8-16/h7-10,12-13,15,17H,3-6,11,14H2,1-2H3/t17-/m0/s1. The number of aryl methyl sites for hydroxylation is 1. The Morgan fingerprint density at radius 3 is 2.58 bits per heavy atom. The van der Waals surface area contributed by atoms with E-state index >= 15 is 0 Å². The van der Waals surface area contributed by atoms with Crippen LogP contribution >= 0.6 is 0 Å². The highest BCUT2D eigenvalue weighted by Gasteiger charge is 2.24. The van der Waals surface area contributed by atoms with E-state index in [1.54, 1.807) is 12.4 Å². The zero-order valence-corrected chi connectivity index (χ0v) is 15.5. The molecular weight excluding hydrogens is 329 g/mol. The third-order valence-electron chi connectivity index (χ3n) is 5.00. The molecular formula is C21H26FN3O. The van der Waals surface area contributed by atoms with Crippen molar-refractivity contribution in [2.45, 2.75) is 45.4 Å². The average Bonchev–Trinajstić information content (AvgIpc) is 2.67. The van der Waals surface area contributed by atoms with Crippen LogP contribution in [0.4, 0.5) is 4.39 Å². The summed E-state index contributed by atoms with van der Waals surface area (Å²) in [5, 5.41) is 0. The van der Waals surface area contributed by atoms with Crippen molar-refractivity contribution in [3.63, 3.8) is 0 Å². The first-order valence-corrected chi connectivity index (χ1v) is 9.38. The molecule has 5 heteroatoms. The number of hydrogen-bond donors (Lipinski definition) is 0. The highest BCUT2D eigenvalue weighted by molar-refractivity contribution is 5.93.